The topological polar surface area (TPSA) is 71.3 Å². The zero-order valence-electron chi connectivity index (χ0n) is 15.4. The van der Waals surface area contributed by atoms with Crippen LogP contribution in [-0.2, 0) is 11.2 Å². The Morgan fingerprint density at radius 1 is 1.11 bits per heavy atom. The molecule has 28 heavy (non-hydrogen) atoms. The van der Waals surface area contributed by atoms with Crippen LogP contribution in [0.3, 0.4) is 0 Å². The lowest BCUT2D eigenvalue weighted by Gasteiger charge is -2.17. The quantitative estimate of drug-likeness (QED) is 0.699. The van der Waals surface area contributed by atoms with Gasteiger partial charge < -0.3 is 14.7 Å². The van der Waals surface area contributed by atoms with Crippen LogP contribution < -0.4 is 10.2 Å². The minimum Gasteiger partial charge on any atom is -0.372 e. The summed E-state index contributed by atoms with van der Waals surface area (Å²) in [5, 5.41) is 6.66. The largest absolute Gasteiger partial charge is 0.372 e. The van der Waals surface area contributed by atoms with E-state index in [0.717, 1.165) is 18.8 Å². The molecule has 1 N–H and O–H groups in total. The number of aryl methyl sites for hydroxylation is 1. The standard InChI is InChI=1S/C21H21FN4O2/c22-18-6-2-1-5-17(18)21-24-20(28-25-21)12-11-19(27)23-15-7-9-16(10-8-15)26-13-3-4-14-26/h1-2,5-10H,3-4,11-14H2,(H,23,27). The number of nitrogens with zero attached hydrogens (tertiary/aromatic N) is 3. The average molecular weight is 380 g/mol. The molecule has 1 amide bonds. The van der Waals surface area contributed by atoms with E-state index in [1.54, 1.807) is 18.2 Å². The van der Waals surface area contributed by atoms with Crippen LogP contribution in [0.2, 0.25) is 0 Å². The van der Waals surface area contributed by atoms with Crippen molar-refractivity contribution in [3.8, 4) is 11.4 Å². The molecule has 2 heterocycles. The Morgan fingerprint density at radius 2 is 1.86 bits per heavy atom. The number of carbonyl (C=O) groups excluding carboxylic acids is 1. The van der Waals surface area contributed by atoms with Crippen molar-refractivity contribution in [2.24, 2.45) is 0 Å². The summed E-state index contributed by atoms with van der Waals surface area (Å²) in [6.07, 6.45) is 2.95. The highest BCUT2D eigenvalue weighted by atomic mass is 19.1. The zero-order valence-corrected chi connectivity index (χ0v) is 15.4. The molecular weight excluding hydrogens is 359 g/mol. The first-order chi connectivity index (χ1) is 13.7. The number of anilines is 2. The van der Waals surface area contributed by atoms with Gasteiger partial charge in [-0.25, -0.2) is 4.39 Å². The SMILES string of the molecule is O=C(CCc1nc(-c2ccccc2F)no1)Nc1ccc(N2CCCC2)cc1. The normalized spacial score (nSPS) is 13.7. The smallest absolute Gasteiger partial charge is 0.227 e. The molecule has 1 aliphatic heterocycles. The van der Waals surface area contributed by atoms with E-state index in [0.29, 0.717) is 12.3 Å². The van der Waals surface area contributed by atoms with Gasteiger partial charge in [-0.05, 0) is 49.2 Å². The molecule has 4 rings (SSSR count). The van der Waals surface area contributed by atoms with Gasteiger partial charge in [0.05, 0.1) is 5.56 Å². The maximum atomic E-state index is 13.8. The van der Waals surface area contributed by atoms with Crippen molar-refractivity contribution in [3.63, 3.8) is 0 Å². The van der Waals surface area contributed by atoms with Gasteiger partial charge in [-0.1, -0.05) is 17.3 Å². The van der Waals surface area contributed by atoms with Crippen molar-refractivity contribution in [1.82, 2.24) is 10.1 Å². The Balaban J connectivity index is 1.30. The number of nitrogens with one attached hydrogen (secondary N) is 1. The lowest BCUT2D eigenvalue weighted by atomic mass is 10.2. The number of carbonyl (C=O) groups is 1. The second-order valence-electron chi connectivity index (χ2n) is 6.78. The highest BCUT2D eigenvalue weighted by Crippen LogP contribution is 2.22. The van der Waals surface area contributed by atoms with Crippen LogP contribution in [0.4, 0.5) is 15.8 Å². The molecule has 1 fully saturated rings. The van der Waals surface area contributed by atoms with Gasteiger partial charge in [0.2, 0.25) is 17.6 Å². The van der Waals surface area contributed by atoms with E-state index in [2.05, 4.69) is 20.4 Å². The Bertz CT molecular complexity index is 949. The van der Waals surface area contributed by atoms with Crippen LogP contribution in [0.5, 0.6) is 0 Å². The number of halogens is 1. The van der Waals surface area contributed by atoms with Crippen LogP contribution in [0.15, 0.2) is 53.1 Å². The fraction of sp³-hybridized carbons (Fsp3) is 0.286. The molecule has 0 radical (unpaired) electrons. The predicted octanol–water partition coefficient (Wildman–Crippen LogP) is 4.05. The van der Waals surface area contributed by atoms with Gasteiger partial charge in [0, 0.05) is 37.3 Å². The van der Waals surface area contributed by atoms with E-state index < -0.39 is 5.82 Å². The Morgan fingerprint density at radius 3 is 2.61 bits per heavy atom. The summed E-state index contributed by atoms with van der Waals surface area (Å²) < 4.78 is 18.9. The maximum Gasteiger partial charge on any atom is 0.227 e. The molecule has 0 aliphatic carbocycles. The van der Waals surface area contributed by atoms with E-state index in [1.165, 1.54) is 24.6 Å². The highest BCUT2D eigenvalue weighted by molar-refractivity contribution is 5.91. The van der Waals surface area contributed by atoms with Gasteiger partial charge in [0.15, 0.2) is 0 Å². The molecule has 7 heteroatoms. The minimum atomic E-state index is -0.412. The number of rotatable bonds is 6. The summed E-state index contributed by atoms with van der Waals surface area (Å²) in [5.74, 6) is -0.0617. The monoisotopic (exact) mass is 380 g/mol. The Labute approximate surface area is 162 Å². The Kier molecular flexibility index (Phi) is 5.32. The summed E-state index contributed by atoms with van der Waals surface area (Å²) in [7, 11) is 0. The highest BCUT2D eigenvalue weighted by Gasteiger charge is 2.14. The second-order valence-corrected chi connectivity index (χ2v) is 6.78. The fourth-order valence-electron chi connectivity index (χ4n) is 3.28. The van der Waals surface area contributed by atoms with Crippen LogP contribution >= 0.6 is 0 Å². The lowest BCUT2D eigenvalue weighted by molar-refractivity contribution is -0.116. The first-order valence-electron chi connectivity index (χ1n) is 9.41. The van der Waals surface area contributed by atoms with Crippen molar-refractivity contribution in [3.05, 3.63) is 60.2 Å². The third-order valence-electron chi connectivity index (χ3n) is 4.77. The lowest BCUT2D eigenvalue weighted by Crippen LogP contribution is -2.17. The summed E-state index contributed by atoms with van der Waals surface area (Å²) in [4.78, 5) is 18.7. The maximum absolute atomic E-state index is 13.8. The van der Waals surface area contributed by atoms with Gasteiger partial charge in [-0.3, -0.25) is 4.79 Å². The summed E-state index contributed by atoms with van der Waals surface area (Å²) >= 11 is 0. The molecule has 0 saturated carbocycles. The average Bonchev–Trinajstić information content (AvgIpc) is 3.40. The van der Waals surface area contributed by atoms with Crippen molar-refractivity contribution in [1.29, 1.82) is 0 Å². The first kappa shape index (κ1) is 18.2. The van der Waals surface area contributed by atoms with Crippen LogP contribution in [0.1, 0.15) is 25.2 Å². The van der Waals surface area contributed by atoms with Crippen molar-refractivity contribution < 1.29 is 13.7 Å². The van der Waals surface area contributed by atoms with E-state index in [9.17, 15) is 9.18 Å². The van der Waals surface area contributed by atoms with Crippen molar-refractivity contribution >= 4 is 17.3 Å². The minimum absolute atomic E-state index is 0.139. The Hall–Kier alpha value is -3.22. The van der Waals surface area contributed by atoms with Crippen LogP contribution in [-0.4, -0.2) is 29.1 Å². The summed E-state index contributed by atoms with van der Waals surface area (Å²) in [6, 6.07) is 14.1. The molecule has 2 aromatic carbocycles. The van der Waals surface area contributed by atoms with E-state index in [-0.39, 0.29) is 23.7 Å². The van der Waals surface area contributed by atoms with E-state index in [4.69, 9.17) is 4.52 Å². The molecule has 1 saturated heterocycles. The molecular formula is C21H21FN4O2. The third-order valence-corrected chi connectivity index (χ3v) is 4.77. The van der Waals surface area contributed by atoms with Crippen molar-refractivity contribution in [2.45, 2.75) is 25.7 Å². The van der Waals surface area contributed by atoms with Crippen molar-refractivity contribution in [2.75, 3.05) is 23.3 Å². The molecule has 1 aliphatic rings. The fourth-order valence-corrected chi connectivity index (χ4v) is 3.28. The van der Waals surface area contributed by atoms with Crippen LogP contribution in [0, 0.1) is 5.82 Å². The van der Waals surface area contributed by atoms with Gasteiger partial charge in [0.25, 0.3) is 0 Å². The third kappa shape index (κ3) is 4.19. The summed E-state index contributed by atoms with van der Waals surface area (Å²) in [6.45, 7) is 2.18. The van der Waals surface area contributed by atoms with Gasteiger partial charge >= 0.3 is 0 Å². The summed E-state index contributed by atoms with van der Waals surface area (Å²) in [5.41, 5.74) is 2.22. The molecule has 0 unspecified atom stereocenters. The number of aromatic nitrogens is 2. The van der Waals surface area contributed by atoms with E-state index >= 15 is 0 Å². The first-order valence-corrected chi connectivity index (χ1v) is 9.41. The van der Waals surface area contributed by atoms with Gasteiger partial charge in [-0.2, -0.15) is 4.98 Å². The van der Waals surface area contributed by atoms with Gasteiger partial charge in [0.1, 0.15) is 5.82 Å². The number of hydrogen-bond donors (Lipinski definition) is 1. The van der Waals surface area contributed by atoms with Gasteiger partial charge in [-0.15, -0.1) is 0 Å². The zero-order chi connectivity index (χ0) is 19.3. The molecule has 6 nitrogen and oxygen atoms in total. The number of amides is 1. The second kappa shape index (κ2) is 8.21. The molecule has 1 aromatic heterocycles. The molecule has 0 bridgehead atoms. The molecule has 0 spiro atoms. The molecule has 0 atom stereocenters. The van der Waals surface area contributed by atoms with Crippen LogP contribution in [0.25, 0.3) is 11.4 Å². The molecule has 144 valence electrons. The number of hydrogen-bond acceptors (Lipinski definition) is 5. The number of benzene rings is 2. The molecule has 3 aromatic rings. The predicted molar refractivity (Wildman–Crippen MR) is 105 cm³/mol. The van der Waals surface area contributed by atoms with E-state index in [1.807, 2.05) is 24.3 Å².